The first kappa shape index (κ1) is 10.2. The molecular weight excluding hydrogens is 210 g/mol. The van der Waals surface area contributed by atoms with Crippen molar-refractivity contribution in [3.63, 3.8) is 0 Å². The van der Waals surface area contributed by atoms with Crippen molar-refractivity contribution < 1.29 is 19.2 Å². The van der Waals surface area contributed by atoms with Gasteiger partial charge in [-0.3, -0.25) is 0 Å². The quantitative estimate of drug-likeness (QED) is 0.758. The monoisotopic (exact) mass is 218 g/mol. The highest BCUT2D eigenvalue weighted by molar-refractivity contribution is 5.85. The van der Waals surface area contributed by atoms with E-state index >= 15 is 0 Å². The van der Waals surface area contributed by atoms with Crippen LogP contribution in [0, 0.1) is 0 Å². The summed E-state index contributed by atoms with van der Waals surface area (Å²) in [7, 11) is 1.52. The van der Waals surface area contributed by atoms with E-state index in [9.17, 15) is 9.90 Å². The molecule has 1 aromatic heterocycles. The summed E-state index contributed by atoms with van der Waals surface area (Å²) in [5, 5.41) is 13.9. The number of rotatable bonds is 3. The fraction of sp³-hybridized carbons (Fsp3) is 0.0909. The highest BCUT2D eigenvalue weighted by Gasteiger charge is 2.11. The molecule has 0 bridgehead atoms. The van der Waals surface area contributed by atoms with E-state index in [4.69, 9.17) is 9.26 Å². The Labute approximate surface area is 91.3 Å². The number of aromatic nitrogens is 1. The van der Waals surface area contributed by atoms with Crippen LogP contribution in [0.3, 0.4) is 0 Å². The smallest absolute Gasteiger partial charge is 0.171 e. The van der Waals surface area contributed by atoms with Gasteiger partial charge in [-0.2, -0.15) is 0 Å². The second kappa shape index (κ2) is 4.06. The second-order valence-electron chi connectivity index (χ2n) is 3.06. The number of carboxylic acid groups (broad SMARTS) is 1. The van der Waals surface area contributed by atoms with E-state index < -0.39 is 5.97 Å². The third-order valence-corrected chi connectivity index (χ3v) is 2.09. The van der Waals surface area contributed by atoms with Gasteiger partial charge in [-0.15, -0.1) is 0 Å². The molecule has 0 aliphatic carbocycles. The third kappa shape index (κ3) is 1.75. The summed E-state index contributed by atoms with van der Waals surface area (Å²) < 4.78 is 10.0. The molecule has 2 aromatic rings. The summed E-state index contributed by atoms with van der Waals surface area (Å²) in [4.78, 5) is 10.5. The molecule has 0 saturated heterocycles. The number of methoxy groups -OCH3 is 1. The van der Waals surface area contributed by atoms with Crippen molar-refractivity contribution in [3.05, 3.63) is 36.0 Å². The maximum absolute atomic E-state index is 10.5. The van der Waals surface area contributed by atoms with E-state index in [2.05, 4.69) is 5.16 Å². The van der Waals surface area contributed by atoms with Crippen LogP contribution < -0.4 is 9.84 Å². The molecule has 16 heavy (non-hydrogen) atoms. The Morgan fingerprint density at radius 2 is 2.19 bits per heavy atom. The van der Waals surface area contributed by atoms with Crippen LogP contribution in [0.25, 0.3) is 11.3 Å². The Morgan fingerprint density at radius 1 is 1.44 bits per heavy atom. The van der Waals surface area contributed by atoms with Crippen molar-refractivity contribution in [2.75, 3.05) is 7.11 Å². The number of aromatic carboxylic acids is 1. The molecule has 0 saturated carbocycles. The van der Waals surface area contributed by atoms with Gasteiger partial charge >= 0.3 is 0 Å². The Balaban J connectivity index is 2.46. The number of carbonyl (C=O) groups excluding carboxylic acids is 1. The van der Waals surface area contributed by atoms with Crippen LogP contribution in [0.5, 0.6) is 5.75 Å². The van der Waals surface area contributed by atoms with E-state index in [0.717, 1.165) is 0 Å². The number of nitrogens with zero attached hydrogens (tertiary/aromatic N) is 1. The highest BCUT2D eigenvalue weighted by atomic mass is 16.5. The number of carboxylic acids is 1. The standard InChI is InChI=1S/C11H9NO4/c1-15-9-5-3-2-4-7(9)10-6-8(11(13)14)12-16-10/h2-6H,1H3,(H,13,14)/p-1. The zero-order chi connectivity index (χ0) is 11.5. The van der Waals surface area contributed by atoms with Gasteiger partial charge < -0.3 is 19.2 Å². The zero-order valence-electron chi connectivity index (χ0n) is 8.47. The van der Waals surface area contributed by atoms with Gasteiger partial charge in [-0.1, -0.05) is 17.3 Å². The van der Waals surface area contributed by atoms with Crippen molar-refractivity contribution in [2.24, 2.45) is 0 Å². The first-order valence-corrected chi connectivity index (χ1v) is 4.54. The molecule has 0 atom stereocenters. The first-order valence-electron chi connectivity index (χ1n) is 4.54. The summed E-state index contributed by atoms with van der Waals surface area (Å²) in [6.45, 7) is 0. The van der Waals surface area contributed by atoms with Crippen LogP contribution in [-0.2, 0) is 0 Å². The van der Waals surface area contributed by atoms with Crippen molar-refractivity contribution >= 4 is 5.97 Å². The zero-order valence-corrected chi connectivity index (χ0v) is 8.47. The van der Waals surface area contributed by atoms with Crippen molar-refractivity contribution in [1.29, 1.82) is 0 Å². The van der Waals surface area contributed by atoms with E-state index in [1.807, 2.05) is 0 Å². The predicted molar refractivity (Wildman–Crippen MR) is 52.8 cm³/mol. The highest BCUT2D eigenvalue weighted by Crippen LogP contribution is 2.29. The second-order valence-corrected chi connectivity index (χ2v) is 3.06. The largest absolute Gasteiger partial charge is 0.543 e. The van der Waals surface area contributed by atoms with Gasteiger partial charge in [-0.25, -0.2) is 0 Å². The van der Waals surface area contributed by atoms with Gasteiger partial charge in [0.15, 0.2) is 5.76 Å². The van der Waals surface area contributed by atoms with E-state index in [0.29, 0.717) is 17.1 Å². The van der Waals surface area contributed by atoms with Crippen LogP contribution in [0.4, 0.5) is 0 Å². The van der Waals surface area contributed by atoms with Crippen LogP contribution in [-0.4, -0.2) is 18.2 Å². The van der Waals surface area contributed by atoms with Crippen LogP contribution in [0.1, 0.15) is 10.5 Å². The van der Waals surface area contributed by atoms with Crippen molar-refractivity contribution in [1.82, 2.24) is 5.16 Å². The molecular formula is C11H8NO4-. The molecule has 0 aliphatic rings. The van der Waals surface area contributed by atoms with E-state index in [-0.39, 0.29) is 5.69 Å². The SMILES string of the molecule is COc1ccccc1-c1cc(C(=O)[O-])no1. The van der Waals surface area contributed by atoms with Crippen LogP contribution in [0.15, 0.2) is 34.9 Å². The number of carbonyl (C=O) groups is 1. The molecule has 2 rings (SSSR count). The van der Waals surface area contributed by atoms with Gasteiger partial charge in [0.2, 0.25) is 0 Å². The van der Waals surface area contributed by atoms with Crippen LogP contribution >= 0.6 is 0 Å². The average molecular weight is 218 g/mol. The summed E-state index contributed by atoms with van der Waals surface area (Å²) in [6.07, 6.45) is 0. The van der Waals surface area contributed by atoms with Crippen molar-refractivity contribution in [3.8, 4) is 17.1 Å². The molecule has 0 aliphatic heterocycles. The van der Waals surface area contributed by atoms with Gasteiger partial charge in [0, 0.05) is 6.07 Å². The normalized spacial score (nSPS) is 10.1. The molecule has 1 aromatic carbocycles. The molecule has 0 radical (unpaired) electrons. The number of benzene rings is 1. The van der Waals surface area contributed by atoms with Gasteiger partial charge in [0.25, 0.3) is 0 Å². The molecule has 0 amide bonds. The predicted octanol–water partition coefficient (Wildman–Crippen LogP) is 0.714. The Bertz CT molecular complexity index is 518. The maximum atomic E-state index is 10.5. The number of hydrogen-bond acceptors (Lipinski definition) is 5. The Kier molecular flexibility index (Phi) is 2.59. The first-order chi connectivity index (χ1) is 7.72. The topological polar surface area (TPSA) is 75.4 Å². The minimum atomic E-state index is -1.37. The Hall–Kier alpha value is -2.30. The van der Waals surface area contributed by atoms with Gasteiger partial charge in [0.05, 0.1) is 18.6 Å². The third-order valence-electron chi connectivity index (χ3n) is 2.09. The lowest BCUT2D eigenvalue weighted by molar-refractivity contribution is -0.255. The van der Waals surface area contributed by atoms with Gasteiger partial charge in [-0.05, 0) is 12.1 Å². The number of hydrogen-bond donors (Lipinski definition) is 0. The molecule has 0 fully saturated rings. The maximum Gasteiger partial charge on any atom is 0.171 e. The van der Waals surface area contributed by atoms with Crippen LogP contribution in [0.2, 0.25) is 0 Å². The van der Waals surface area contributed by atoms with Crippen molar-refractivity contribution in [2.45, 2.75) is 0 Å². The lowest BCUT2D eigenvalue weighted by atomic mass is 10.1. The molecule has 5 heteroatoms. The summed E-state index contributed by atoms with van der Waals surface area (Å²) in [5.41, 5.74) is 0.408. The number of para-hydroxylation sites is 1. The minimum absolute atomic E-state index is 0.235. The summed E-state index contributed by atoms with van der Waals surface area (Å²) in [6, 6.07) is 8.39. The lowest BCUT2D eigenvalue weighted by Crippen LogP contribution is -2.22. The Morgan fingerprint density at radius 3 is 2.81 bits per heavy atom. The van der Waals surface area contributed by atoms with Gasteiger partial charge in [0.1, 0.15) is 11.4 Å². The lowest BCUT2D eigenvalue weighted by Gasteiger charge is -2.03. The average Bonchev–Trinajstić information content (AvgIpc) is 2.78. The van der Waals surface area contributed by atoms with E-state index in [1.54, 1.807) is 24.3 Å². The minimum Gasteiger partial charge on any atom is -0.543 e. The molecule has 1 heterocycles. The molecule has 0 N–H and O–H groups in total. The van der Waals surface area contributed by atoms with E-state index in [1.165, 1.54) is 13.2 Å². The molecule has 0 spiro atoms. The summed E-state index contributed by atoms with van der Waals surface area (Å²) >= 11 is 0. The molecule has 5 nitrogen and oxygen atoms in total. The molecule has 0 unspecified atom stereocenters. The molecule has 82 valence electrons. The number of ether oxygens (including phenoxy) is 1. The summed E-state index contributed by atoms with van der Waals surface area (Å²) in [5.74, 6) is -0.454. The fourth-order valence-electron chi connectivity index (χ4n) is 1.35. The fourth-order valence-corrected chi connectivity index (χ4v) is 1.35.